The Labute approximate surface area is 82.1 Å². The number of nitrogens with two attached hydrogens (primary N) is 1. The molecule has 1 amide bonds. The van der Waals surface area contributed by atoms with Crippen LogP contribution in [0.3, 0.4) is 0 Å². The van der Waals surface area contributed by atoms with Gasteiger partial charge in [0, 0.05) is 18.3 Å². The average Bonchev–Trinajstić information content (AvgIpc) is 2.51. The number of carbonyl (C=O) groups excluding carboxylic acids is 1. The molecule has 0 saturated heterocycles. The molecule has 0 fully saturated rings. The summed E-state index contributed by atoms with van der Waals surface area (Å²) in [6, 6.07) is 5.52. The summed E-state index contributed by atoms with van der Waals surface area (Å²) in [6.45, 7) is 0.338. The van der Waals surface area contributed by atoms with Crippen molar-refractivity contribution in [3.63, 3.8) is 0 Å². The molecule has 74 valence electrons. The number of hydrogen-bond acceptors (Lipinski definition) is 3. The SMILES string of the molecule is COc1ccc2c(c1)NC(=O)[C@H]2CN. The van der Waals surface area contributed by atoms with Crippen LogP contribution in [0.25, 0.3) is 0 Å². The van der Waals surface area contributed by atoms with Crippen molar-refractivity contribution in [1.29, 1.82) is 0 Å². The van der Waals surface area contributed by atoms with E-state index in [9.17, 15) is 4.79 Å². The van der Waals surface area contributed by atoms with Crippen molar-refractivity contribution < 1.29 is 9.53 Å². The molecule has 4 heteroatoms. The molecule has 0 unspecified atom stereocenters. The molecule has 1 aliphatic heterocycles. The normalized spacial score (nSPS) is 19.0. The molecule has 14 heavy (non-hydrogen) atoms. The molecule has 0 bridgehead atoms. The third-order valence-electron chi connectivity index (χ3n) is 2.45. The van der Waals surface area contributed by atoms with E-state index < -0.39 is 0 Å². The number of amides is 1. The van der Waals surface area contributed by atoms with Crippen LogP contribution in [-0.4, -0.2) is 19.6 Å². The zero-order chi connectivity index (χ0) is 10.1. The molecule has 4 nitrogen and oxygen atoms in total. The summed E-state index contributed by atoms with van der Waals surface area (Å²) in [6.07, 6.45) is 0. The number of carbonyl (C=O) groups is 1. The molecule has 1 heterocycles. The van der Waals surface area contributed by atoms with Gasteiger partial charge in [-0.1, -0.05) is 6.07 Å². The summed E-state index contributed by atoms with van der Waals surface area (Å²) in [5.41, 5.74) is 7.28. The van der Waals surface area contributed by atoms with Crippen LogP contribution in [0.2, 0.25) is 0 Å². The fourth-order valence-electron chi connectivity index (χ4n) is 1.67. The molecule has 3 N–H and O–H groups in total. The average molecular weight is 192 g/mol. The fourth-order valence-corrected chi connectivity index (χ4v) is 1.67. The second-order valence-electron chi connectivity index (χ2n) is 3.23. The van der Waals surface area contributed by atoms with Gasteiger partial charge in [-0.15, -0.1) is 0 Å². The van der Waals surface area contributed by atoms with Gasteiger partial charge in [-0.25, -0.2) is 0 Å². The Bertz CT molecular complexity index is 376. The third kappa shape index (κ3) is 1.24. The molecule has 0 radical (unpaired) electrons. The summed E-state index contributed by atoms with van der Waals surface area (Å²) >= 11 is 0. The summed E-state index contributed by atoms with van der Waals surface area (Å²) in [4.78, 5) is 11.4. The number of hydrogen-bond donors (Lipinski definition) is 2. The minimum atomic E-state index is -0.212. The van der Waals surface area contributed by atoms with Gasteiger partial charge >= 0.3 is 0 Å². The zero-order valence-electron chi connectivity index (χ0n) is 7.91. The van der Waals surface area contributed by atoms with Gasteiger partial charge in [-0.3, -0.25) is 4.79 Å². The molecular formula is C10H12N2O2. The Kier molecular flexibility index (Phi) is 2.13. The summed E-state index contributed by atoms with van der Waals surface area (Å²) in [5, 5.41) is 2.77. The van der Waals surface area contributed by atoms with E-state index in [0.717, 1.165) is 17.0 Å². The van der Waals surface area contributed by atoms with E-state index in [2.05, 4.69) is 5.32 Å². The Hall–Kier alpha value is -1.55. The third-order valence-corrected chi connectivity index (χ3v) is 2.45. The number of ether oxygens (including phenoxy) is 1. The quantitative estimate of drug-likeness (QED) is 0.724. The highest BCUT2D eigenvalue weighted by molar-refractivity contribution is 6.03. The van der Waals surface area contributed by atoms with Gasteiger partial charge in [0.2, 0.25) is 5.91 Å². The van der Waals surface area contributed by atoms with Gasteiger partial charge in [0.25, 0.3) is 0 Å². The predicted molar refractivity (Wildman–Crippen MR) is 53.4 cm³/mol. The Morgan fingerprint density at radius 2 is 2.36 bits per heavy atom. The maximum Gasteiger partial charge on any atom is 0.233 e. The van der Waals surface area contributed by atoms with Crippen molar-refractivity contribution in [2.45, 2.75) is 5.92 Å². The lowest BCUT2D eigenvalue weighted by molar-refractivity contribution is -0.116. The number of rotatable bonds is 2. The molecular weight excluding hydrogens is 180 g/mol. The molecule has 1 aromatic rings. The van der Waals surface area contributed by atoms with Crippen molar-refractivity contribution >= 4 is 11.6 Å². The maximum atomic E-state index is 11.4. The van der Waals surface area contributed by atoms with E-state index in [1.807, 2.05) is 18.2 Å². The highest BCUT2D eigenvalue weighted by Gasteiger charge is 2.29. The van der Waals surface area contributed by atoms with Crippen LogP contribution in [0.5, 0.6) is 5.75 Å². The van der Waals surface area contributed by atoms with Gasteiger partial charge in [-0.05, 0) is 11.6 Å². The summed E-state index contributed by atoms with van der Waals surface area (Å²) in [5.74, 6) is 0.494. The van der Waals surface area contributed by atoms with Gasteiger partial charge in [-0.2, -0.15) is 0 Å². The first-order valence-electron chi connectivity index (χ1n) is 4.45. The molecule has 0 saturated carbocycles. The molecule has 1 atom stereocenters. The highest BCUT2D eigenvalue weighted by Crippen LogP contribution is 2.34. The van der Waals surface area contributed by atoms with Crippen molar-refractivity contribution in [3.8, 4) is 5.75 Å². The van der Waals surface area contributed by atoms with Gasteiger partial charge in [0.15, 0.2) is 0 Å². The number of anilines is 1. The Morgan fingerprint density at radius 3 is 3.00 bits per heavy atom. The lowest BCUT2D eigenvalue weighted by Crippen LogP contribution is -2.20. The van der Waals surface area contributed by atoms with Gasteiger partial charge in [0.1, 0.15) is 5.75 Å². The van der Waals surface area contributed by atoms with Crippen LogP contribution < -0.4 is 15.8 Å². The smallest absolute Gasteiger partial charge is 0.233 e. The van der Waals surface area contributed by atoms with E-state index >= 15 is 0 Å². The molecule has 0 spiro atoms. The fraction of sp³-hybridized carbons (Fsp3) is 0.300. The second-order valence-corrected chi connectivity index (χ2v) is 3.23. The zero-order valence-corrected chi connectivity index (χ0v) is 7.91. The molecule has 1 aliphatic rings. The van der Waals surface area contributed by atoms with E-state index in [0.29, 0.717) is 6.54 Å². The minimum Gasteiger partial charge on any atom is -0.497 e. The molecule has 0 aliphatic carbocycles. The Morgan fingerprint density at radius 1 is 1.57 bits per heavy atom. The van der Waals surface area contributed by atoms with Crippen LogP contribution in [0, 0.1) is 0 Å². The molecule has 2 rings (SSSR count). The summed E-state index contributed by atoms with van der Waals surface area (Å²) in [7, 11) is 1.60. The highest BCUT2D eigenvalue weighted by atomic mass is 16.5. The van der Waals surface area contributed by atoms with Crippen molar-refractivity contribution in [2.24, 2.45) is 5.73 Å². The monoisotopic (exact) mass is 192 g/mol. The lowest BCUT2D eigenvalue weighted by Gasteiger charge is -2.05. The first-order chi connectivity index (χ1) is 6.76. The van der Waals surface area contributed by atoms with Crippen LogP contribution in [-0.2, 0) is 4.79 Å². The maximum absolute atomic E-state index is 11.4. The van der Waals surface area contributed by atoms with Crippen LogP contribution in [0.15, 0.2) is 18.2 Å². The minimum absolute atomic E-state index is 0.0317. The van der Waals surface area contributed by atoms with Gasteiger partial charge in [0.05, 0.1) is 13.0 Å². The van der Waals surface area contributed by atoms with E-state index in [1.54, 1.807) is 7.11 Å². The topological polar surface area (TPSA) is 64.3 Å². The second kappa shape index (κ2) is 3.31. The standard InChI is InChI=1S/C10H12N2O2/c1-14-6-2-3-7-8(5-11)10(13)12-9(7)4-6/h2-4,8H,5,11H2,1H3,(H,12,13)/t8-/m0/s1. The van der Waals surface area contributed by atoms with Crippen LogP contribution >= 0.6 is 0 Å². The first-order valence-corrected chi connectivity index (χ1v) is 4.45. The van der Waals surface area contributed by atoms with Crippen molar-refractivity contribution in [1.82, 2.24) is 0 Å². The Balaban J connectivity index is 2.42. The van der Waals surface area contributed by atoms with Crippen LogP contribution in [0.1, 0.15) is 11.5 Å². The number of nitrogens with one attached hydrogen (secondary N) is 1. The number of methoxy groups -OCH3 is 1. The molecule has 0 aromatic heterocycles. The largest absolute Gasteiger partial charge is 0.497 e. The lowest BCUT2D eigenvalue weighted by atomic mass is 10.0. The summed E-state index contributed by atoms with van der Waals surface area (Å²) < 4.78 is 5.06. The van der Waals surface area contributed by atoms with Crippen molar-refractivity contribution in [2.75, 3.05) is 19.0 Å². The molecule has 1 aromatic carbocycles. The van der Waals surface area contributed by atoms with Crippen LogP contribution in [0.4, 0.5) is 5.69 Å². The van der Waals surface area contributed by atoms with E-state index in [1.165, 1.54) is 0 Å². The van der Waals surface area contributed by atoms with Gasteiger partial charge < -0.3 is 15.8 Å². The van der Waals surface area contributed by atoms with E-state index in [4.69, 9.17) is 10.5 Å². The number of benzene rings is 1. The predicted octanol–water partition coefficient (Wildman–Crippen LogP) is 0.690. The van der Waals surface area contributed by atoms with Crippen molar-refractivity contribution in [3.05, 3.63) is 23.8 Å². The van der Waals surface area contributed by atoms with E-state index in [-0.39, 0.29) is 11.8 Å². The first kappa shape index (κ1) is 9.02. The number of fused-ring (bicyclic) bond motifs is 1.